The Labute approximate surface area is 142 Å². The second kappa shape index (κ2) is 8.03. The topological polar surface area (TPSA) is 50.7 Å². The van der Waals surface area contributed by atoms with Crippen molar-refractivity contribution in [2.45, 2.75) is 0 Å². The third-order valence-electron chi connectivity index (χ3n) is 2.54. The molecule has 0 unspecified atom stereocenters. The molecule has 0 atom stereocenters. The molecule has 0 aliphatic heterocycles. The predicted octanol–water partition coefficient (Wildman–Crippen LogP) is 4.18. The summed E-state index contributed by atoms with van der Waals surface area (Å²) in [5.74, 6) is -0.146. The van der Waals surface area contributed by atoms with E-state index >= 15 is 0 Å². The molecule has 2 aromatic carbocycles. The van der Waals surface area contributed by atoms with E-state index in [0.29, 0.717) is 10.0 Å². The number of nitrogens with one attached hydrogen (secondary N) is 1. The SMILES string of the molecule is O=C(COc1cc(Cl)c(Cl)cc1Cl)NN=Cc1ccccc1. The van der Waals surface area contributed by atoms with E-state index in [2.05, 4.69) is 10.5 Å². The summed E-state index contributed by atoms with van der Waals surface area (Å²) in [7, 11) is 0. The van der Waals surface area contributed by atoms with E-state index < -0.39 is 5.91 Å². The van der Waals surface area contributed by atoms with Crippen molar-refractivity contribution in [2.24, 2.45) is 5.10 Å². The summed E-state index contributed by atoms with van der Waals surface area (Å²) in [5.41, 5.74) is 3.22. The Morgan fingerprint density at radius 3 is 2.50 bits per heavy atom. The van der Waals surface area contributed by atoms with Crippen LogP contribution in [0.15, 0.2) is 47.6 Å². The highest BCUT2D eigenvalue weighted by atomic mass is 35.5. The van der Waals surface area contributed by atoms with E-state index in [1.807, 2.05) is 30.3 Å². The third kappa shape index (κ3) is 4.91. The van der Waals surface area contributed by atoms with Crippen LogP contribution in [0.5, 0.6) is 5.75 Å². The number of nitrogens with zero attached hydrogens (tertiary/aromatic N) is 1. The molecule has 22 heavy (non-hydrogen) atoms. The zero-order valence-corrected chi connectivity index (χ0v) is 13.5. The van der Waals surface area contributed by atoms with Gasteiger partial charge < -0.3 is 4.74 Å². The Kier molecular flexibility index (Phi) is 6.07. The van der Waals surface area contributed by atoms with E-state index in [1.54, 1.807) is 0 Å². The zero-order chi connectivity index (χ0) is 15.9. The normalized spacial score (nSPS) is 10.7. The largest absolute Gasteiger partial charge is 0.482 e. The van der Waals surface area contributed by atoms with Gasteiger partial charge in [-0.25, -0.2) is 5.43 Å². The zero-order valence-electron chi connectivity index (χ0n) is 11.2. The van der Waals surface area contributed by atoms with Crippen molar-refractivity contribution in [3.63, 3.8) is 0 Å². The molecule has 1 amide bonds. The lowest BCUT2D eigenvalue weighted by Gasteiger charge is -2.08. The second-order valence-electron chi connectivity index (χ2n) is 4.19. The summed E-state index contributed by atoms with van der Waals surface area (Å²) < 4.78 is 5.28. The van der Waals surface area contributed by atoms with Gasteiger partial charge in [0.2, 0.25) is 0 Å². The number of ether oxygens (including phenoxy) is 1. The third-order valence-corrected chi connectivity index (χ3v) is 3.55. The molecule has 0 heterocycles. The van der Waals surface area contributed by atoms with E-state index in [0.717, 1.165) is 5.56 Å². The minimum absolute atomic E-state index is 0.246. The fourth-order valence-electron chi connectivity index (χ4n) is 1.51. The van der Waals surface area contributed by atoms with Gasteiger partial charge >= 0.3 is 0 Å². The minimum Gasteiger partial charge on any atom is -0.482 e. The number of benzene rings is 2. The molecule has 1 N–H and O–H groups in total. The van der Waals surface area contributed by atoms with Gasteiger partial charge in [0.15, 0.2) is 6.61 Å². The first-order valence-corrected chi connectivity index (χ1v) is 7.34. The first kappa shape index (κ1) is 16.6. The van der Waals surface area contributed by atoms with Crippen molar-refractivity contribution in [1.29, 1.82) is 0 Å². The Bertz CT molecular complexity index is 691. The molecular weight excluding hydrogens is 347 g/mol. The average Bonchev–Trinajstić information content (AvgIpc) is 2.50. The summed E-state index contributed by atoms with van der Waals surface area (Å²) in [6.45, 7) is -0.246. The van der Waals surface area contributed by atoms with Crippen LogP contribution < -0.4 is 10.2 Å². The lowest BCUT2D eigenvalue weighted by atomic mass is 10.2. The summed E-state index contributed by atoms with van der Waals surface area (Å²) in [5, 5.41) is 4.71. The molecule has 0 aromatic heterocycles. The molecule has 0 saturated carbocycles. The van der Waals surface area contributed by atoms with Gasteiger partial charge in [0, 0.05) is 6.07 Å². The molecule has 2 rings (SSSR count). The van der Waals surface area contributed by atoms with Crippen molar-refractivity contribution in [1.82, 2.24) is 5.43 Å². The number of carbonyl (C=O) groups excluding carboxylic acids is 1. The van der Waals surface area contributed by atoms with Crippen LogP contribution in [0.1, 0.15) is 5.56 Å². The van der Waals surface area contributed by atoms with E-state index in [9.17, 15) is 4.79 Å². The molecule has 0 spiro atoms. The summed E-state index contributed by atoms with van der Waals surface area (Å²) in [6, 6.07) is 12.3. The molecule has 2 aromatic rings. The van der Waals surface area contributed by atoms with Crippen molar-refractivity contribution in [3.8, 4) is 5.75 Å². The number of hydrazone groups is 1. The Balaban J connectivity index is 1.86. The molecule has 0 bridgehead atoms. The summed E-state index contributed by atoms with van der Waals surface area (Å²) in [6.07, 6.45) is 1.53. The fourth-order valence-corrected chi connectivity index (χ4v) is 2.10. The average molecular weight is 358 g/mol. The Hall–Kier alpha value is -1.75. The number of carbonyl (C=O) groups is 1. The summed E-state index contributed by atoms with van der Waals surface area (Å²) in [4.78, 5) is 11.6. The van der Waals surface area contributed by atoms with Gasteiger partial charge in [0.1, 0.15) is 5.75 Å². The van der Waals surface area contributed by atoms with Gasteiger partial charge in [-0.2, -0.15) is 5.10 Å². The van der Waals surface area contributed by atoms with Crippen molar-refractivity contribution in [2.75, 3.05) is 6.61 Å². The number of hydrogen-bond acceptors (Lipinski definition) is 3. The van der Waals surface area contributed by atoms with E-state index in [4.69, 9.17) is 39.5 Å². The molecule has 0 aliphatic rings. The molecule has 0 saturated heterocycles. The molecule has 4 nitrogen and oxygen atoms in total. The summed E-state index contributed by atoms with van der Waals surface area (Å²) >= 11 is 17.6. The van der Waals surface area contributed by atoms with Crippen LogP contribution in [0.25, 0.3) is 0 Å². The highest BCUT2D eigenvalue weighted by molar-refractivity contribution is 6.43. The van der Waals surface area contributed by atoms with Crippen molar-refractivity contribution >= 4 is 46.9 Å². The van der Waals surface area contributed by atoms with Crippen LogP contribution >= 0.6 is 34.8 Å². The van der Waals surface area contributed by atoms with Crippen LogP contribution in [0.4, 0.5) is 0 Å². The monoisotopic (exact) mass is 356 g/mol. The molecule has 7 heteroatoms. The van der Waals surface area contributed by atoms with E-state index in [1.165, 1.54) is 18.3 Å². The number of halogens is 3. The van der Waals surface area contributed by atoms with Crippen molar-refractivity contribution in [3.05, 3.63) is 63.1 Å². The van der Waals surface area contributed by atoms with Gasteiger partial charge in [-0.15, -0.1) is 0 Å². The van der Waals surface area contributed by atoms with Crippen LogP contribution in [-0.4, -0.2) is 18.7 Å². The standard InChI is InChI=1S/C15H11Cl3N2O2/c16-11-6-13(18)14(7-12(11)17)22-9-15(21)20-19-8-10-4-2-1-3-5-10/h1-8H,9H2,(H,20,21). The number of hydrogen-bond donors (Lipinski definition) is 1. The van der Waals surface area contributed by atoms with Crippen LogP contribution in [0, 0.1) is 0 Å². The maximum atomic E-state index is 11.6. The molecular formula is C15H11Cl3N2O2. The maximum absolute atomic E-state index is 11.6. The van der Waals surface area contributed by atoms with Gasteiger partial charge in [-0.3, -0.25) is 4.79 Å². The Morgan fingerprint density at radius 1 is 1.09 bits per heavy atom. The van der Waals surface area contributed by atoms with Gasteiger partial charge in [-0.1, -0.05) is 65.1 Å². The highest BCUT2D eigenvalue weighted by Crippen LogP contribution is 2.33. The minimum atomic E-state index is -0.422. The molecule has 0 fully saturated rings. The number of rotatable bonds is 5. The molecule has 0 radical (unpaired) electrons. The van der Waals surface area contributed by atoms with Gasteiger partial charge in [0.25, 0.3) is 5.91 Å². The predicted molar refractivity (Wildman–Crippen MR) is 89.1 cm³/mol. The molecule has 114 valence electrons. The van der Waals surface area contributed by atoms with E-state index in [-0.39, 0.29) is 17.4 Å². The van der Waals surface area contributed by atoms with Crippen LogP contribution in [-0.2, 0) is 4.79 Å². The second-order valence-corrected chi connectivity index (χ2v) is 5.41. The quantitative estimate of drug-likeness (QED) is 0.496. The highest BCUT2D eigenvalue weighted by Gasteiger charge is 2.09. The van der Waals surface area contributed by atoms with Crippen LogP contribution in [0.2, 0.25) is 15.1 Å². The maximum Gasteiger partial charge on any atom is 0.277 e. The van der Waals surface area contributed by atoms with Gasteiger partial charge in [0.05, 0.1) is 21.3 Å². The Morgan fingerprint density at radius 2 is 1.77 bits per heavy atom. The number of amides is 1. The smallest absolute Gasteiger partial charge is 0.277 e. The first-order chi connectivity index (χ1) is 10.6. The fraction of sp³-hybridized carbons (Fsp3) is 0.0667. The lowest BCUT2D eigenvalue weighted by Crippen LogP contribution is -2.24. The van der Waals surface area contributed by atoms with Crippen LogP contribution in [0.3, 0.4) is 0 Å². The lowest BCUT2D eigenvalue weighted by molar-refractivity contribution is -0.123. The molecule has 0 aliphatic carbocycles. The van der Waals surface area contributed by atoms with Gasteiger partial charge in [-0.05, 0) is 11.6 Å². The first-order valence-electron chi connectivity index (χ1n) is 6.20. The van der Waals surface area contributed by atoms with Crippen molar-refractivity contribution < 1.29 is 9.53 Å².